The van der Waals surface area contributed by atoms with Gasteiger partial charge in [0.25, 0.3) is 0 Å². The fourth-order valence-electron chi connectivity index (χ4n) is 1.70. The molecule has 0 aromatic heterocycles. The van der Waals surface area contributed by atoms with E-state index in [0.717, 1.165) is 12.3 Å². The van der Waals surface area contributed by atoms with Crippen LogP contribution in [0.2, 0.25) is 0 Å². The van der Waals surface area contributed by atoms with Crippen molar-refractivity contribution in [2.45, 2.75) is 25.7 Å². The average molecular weight is 147 g/mol. The van der Waals surface area contributed by atoms with Gasteiger partial charge in [0.15, 0.2) is 0 Å². The van der Waals surface area contributed by atoms with Crippen LogP contribution in [0.25, 0.3) is 0 Å². The Morgan fingerprint density at radius 1 is 1.55 bits per heavy atom. The molecule has 11 heavy (non-hydrogen) atoms. The summed E-state index contributed by atoms with van der Waals surface area (Å²) < 4.78 is 0. The molecular weight excluding hydrogens is 134 g/mol. The van der Waals surface area contributed by atoms with E-state index in [-0.39, 0.29) is 0 Å². The Morgan fingerprint density at radius 3 is 3.55 bits per heavy atom. The lowest BCUT2D eigenvalue weighted by Gasteiger charge is -2.18. The maximum atomic E-state index is 3.24. The summed E-state index contributed by atoms with van der Waals surface area (Å²) in [5, 5.41) is 3.24. The van der Waals surface area contributed by atoms with Gasteiger partial charge >= 0.3 is 0 Å². The molecule has 0 spiro atoms. The molecule has 0 amide bonds. The maximum Gasteiger partial charge on any atom is 0.0878 e. The fourth-order valence-corrected chi connectivity index (χ4v) is 1.70. The Hall–Kier alpha value is -0.720. The Morgan fingerprint density at radius 2 is 2.55 bits per heavy atom. The lowest BCUT2D eigenvalue weighted by Crippen LogP contribution is -2.16. The highest BCUT2D eigenvalue weighted by atomic mass is 14.9. The van der Waals surface area contributed by atoms with Crippen LogP contribution in [-0.4, -0.2) is 0 Å². The monoisotopic (exact) mass is 147 g/mol. The van der Waals surface area contributed by atoms with Crippen molar-refractivity contribution in [1.29, 1.82) is 0 Å². The summed E-state index contributed by atoms with van der Waals surface area (Å²) in [6.07, 6.45) is 11.5. The summed E-state index contributed by atoms with van der Waals surface area (Å²) >= 11 is 0. The van der Waals surface area contributed by atoms with Gasteiger partial charge in [0.1, 0.15) is 0 Å². The van der Waals surface area contributed by atoms with E-state index in [0.29, 0.717) is 0 Å². The van der Waals surface area contributed by atoms with E-state index in [1.165, 1.54) is 25.0 Å². The summed E-state index contributed by atoms with van der Waals surface area (Å²) in [4.78, 5) is 0. The molecule has 1 fully saturated rings. The number of hydrogen-bond donors (Lipinski definition) is 1. The van der Waals surface area contributed by atoms with Crippen LogP contribution >= 0.6 is 0 Å². The standard InChI is InChI=1S/C10H13N/c1-2-7-10-9(5-1)6-3-4-8-11-10/h1-2,7,9,11H,3-6H2. The van der Waals surface area contributed by atoms with Gasteiger partial charge in [-0.25, -0.2) is 0 Å². The minimum Gasteiger partial charge on any atom is -0.378 e. The van der Waals surface area contributed by atoms with Crippen LogP contribution in [0.1, 0.15) is 25.7 Å². The third kappa shape index (κ3) is 1.47. The van der Waals surface area contributed by atoms with Gasteiger partial charge in [-0.1, -0.05) is 18.6 Å². The second-order valence-electron chi connectivity index (χ2n) is 3.18. The first-order valence-corrected chi connectivity index (χ1v) is 4.32. The smallest absolute Gasteiger partial charge is 0.0878 e. The van der Waals surface area contributed by atoms with E-state index in [2.05, 4.69) is 30.1 Å². The summed E-state index contributed by atoms with van der Waals surface area (Å²) in [6.45, 7) is 3.19. The van der Waals surface area contributed by atoms with Gasteiger partial charge in [-0.05, 0) is 25.3 Å². The molecule has 0 aromatic carbocycles. The zero-order valence-electron chi connectivity index (χ0n) is 6.64. The first-order valence-electron chi connectivity index (χ1n) is 4.32. The summed E-state index contributed by atoms with van der Waals surface area (Å²) in [5.74, 6) is 0.745. The number of nitrogens with one attached hydrogen (secondary N) is 1. The second kappa shape index (κ2) is 3.12. The van der Waals surface area contributed by atoms with E-state index < -0.39 is 0 Å². The molecule has 0 saturated carbocycles. The van der Waals surface area contributed by atoms with Gasteiger partial charge in [0.2, 0.25) is 0 Å². The molecule has 0 aromatic rings. The molecule has 1 heteroatoms. The van der Waals surface area contributed by atoms with Gasteiger partial charge in [-0.15, -0.1) is 0 Å². The van der Waals surface area contributed by atoms with Crippen LogP contribution in [0.3, 0.4) is 0 Å². The quantitative estimate of drug-likeness (QED) is 0.554. The average Bonchev–Trinajstić information content (AvgIpc) is 2.28. The van der Waals surface area contributed by atoms with Crippen LogP contribution in [0.5, 0.6) is 0 Å². The van der Waals surface area contributed by atoms with Crippen LogP contribution in [0.4, 0.5) is 0 Å². The topological polar surface area (TPSA) is 12.0 Å². The normalized spacial score (nSPS) is 29.8. The van der Waals surface area contributed by atoms with Crippen molar-refractivity contribution in [3.8, 4) is 0 Å². The first-order chi connectivity index (χ1) is 5.47. The Bertz CT molecular complexity index is 191. The Labute approximate surface area is 68.2 Å². The maximum absolute atomic E-state index is 3.24. The third-order valence-electron chi connectivity index (χ3n) is 2.36. The van der Waals surface area contributed by atoms with Crippen LogP contribution in [0.15, 0.2) is 23.9 Å². The molecule has 1 unspecified atom stereocenters. The predicted molar refractivity (Wildman–Crippen MR) is 45.6 cm³/mol. The molecule has 1 atom stereocenters. The summed E-state index contributed by atoms with van der Waals surface area (Å²) in [6, 6.07) is 0. The van der Waals surface area contributed by atoms with E-state index >= 15 is 0 Å². The molecule has 2 rings (SSSR count). The highest BCUT2D eigenvalue weighted by Crippen LogP contribution is 2.26. The van der Waals surface area contributed by atoms with Crippen LogP contribution in [-0.2, 0) is 0 Å². The van der Waals surface area contributed by atoms with Crippen molar-refractivity contribution in [3.05, 3.63) is 30.5 Å². The summed E-state index contributed by atoms with van der Waals surface area (Å²) in [5.41, 5.74) is 1.37. The minimum atomic E-state index is 0.745. The largest absolute Gasteiger partial charge is 0.378 e. The summed E-state index contributed by atoms with van der Waals surface area (Å²) in [7, 11) is 0. The van der Waals surface area contributed by atoms with Crippen molar-refractivity contribution < 1.29 is 0 Å². The molecule has 1 aliphatic carbocycles. The minimum absolute atomic E-state index is 0.745. The Kier molecular flexibility index (Phi) is 1.97. The first kappa shape index (κ1) is 6.96. The van der Waals surface area contributed by atoms with Gasteiger partial charge in [-0.3, -0.25) is 0 Å². The van der Waals surface area contributed by atoms with Gasteiger partial charge in [0.05, 0.1) is 6.54 Å². The van der Waals surface area contributed by atoms with E-state index in [1.807, 2.05) is 0 Å². The molecule has 1 saturated heterocycles. The zero-order chi connectivity index (χ0) is 7.52. The van der Waals surface area contributed by atoms with Crippen LogP contribution < -0.4 is 5.32 Å². The van der Waals surface area contributed by atoms with Crippen molar-refractivity contribution in [2.24, 2.45) is 5.92 Å². The highest BCUT2D eigenvalue weighted by Gasteiger charge is 2.17. The molecule has 58 valence electrons. The van der Waals surface area contributed by atoms with Crippen molar-refractivity contribution in [1.82, 2.24) is 5.32 Å². The lowest BCUT2D eigenvalue weighted by molar-refractivity contribution is 0.545. The van der Waals surface area contributed by atoms with E-state index in [4.69, 9.17) is 0 Å². The number of rotatable bonds is 0. The molecule has 1 heterocycles. The van der Waals surface area contributed by atoms with E-state index in [1.54, 1.807) is 0 Å². The van der Waals surface area contributed by atoms with Crippen LogP contribution in [0, 0.1) is 12.5 Å². The molecule has 1 nitrogen and oxygen atoms in total. The predicted octanol–water partition coefficient (Wildman–Crippen LogP) is 2.26. The number of allylic oxidation sites excluding steroid dienone is 4. The molecule has 1 aliphatic heterocycles. The molecule has 2 radical (unpaired) electrons. The van der Waals surface area contributed by atoms with Crippen molar-refractivity contribution in [3.63, 3.8) is 0 Å². The second-order valence-corrected chi connectivity index (χ2v) is 3.18. The Balaban J connectivity index is 2.11. The highest BCUT2D eigenvalue weighted by molar-refractivity contribution is 5.21. The van der Waals surface area contributed by atoms with Gasteiger partial charge in [-0.2, -0.15) is 0 Å². The van der Waals surface area contributed by atoms with E-state index in [9.17, 15) is 0 Å². The fraction of sp³-hybridized carbons (Fsp3) is 0.500. The SMILES string of the molecule is [C]1CCCC2CC=CC=C2N1. The molecular formula is C10H13N. The number of hydrogen-bond acceptors (Lipinski definition) is 1. The lowest BCUT2D eigenvalue weighted by atomic mass is 9.93. The zero-order valence-corrected chi connectivity index (χ0v) is 6.64. The van der Waals surface area contributed by atoms with Gasteiger partial charge < -0.3 is 5.32 Å². The number of fused-ring (bicyclic) bond motifs is 1. The van der Waals surface area contributed by atoms with Crippen molar-refractivity contribution >= 4 is 0 Å². The molecule has 1 N–H and O–H groups in total. The molecule has 0 bridgehead atoms. The molecule has 2 aliphatic rings. The third-order valence-corrected chi connectivity index (χ3v) is 2.36. The van der Waals surface area contributed by atoms with Crippen molar-refractivity contribution in [2.75, 3.05) is 0 Å². The van der Waals surface area contributed by atoms with Gasteiger partial charge in [0, 0.05) is 11.6 Å².